The van der Waals surface area contributed by atoms with Gasteiger partial charge in [-0.3, -0.25) is 10.1 Å². The Morgan fingerprint density at radius 3 is 2.42 bits per heavy atom. The average molecular weight is 356 g/mol. The van der Waals surface area contributed by atoms with E-state index >= 15 is 0 Å². The standard InChI is InChI=1S/C17H21NO5.ClH/c1-8(2)14(16(20)21)18-7-12-13(19)6-5-11-9(3)10(4)17(22)23-15(11)12;/h5-6,8,14,18-19H,7H2,1-4H3,(H,20,21);1H. The lowest BCUT2D eigenvalue weighted by atomic mass is 10.0. The molecule has 7 heteroatoms. The molecule has 1 unspecified atom stereocenters. The van der Waals surface area contributed by atoms with E-state index in [1.165, 1.54) is 6.07 Å². The van der Waals surface area contributed by atoms with Gasteiger partial charge in [-0.1, -0.05) is 13.8 Å². The Morgan fingerprint density at radius 1 is 1.25 bits per heavy atom. The second-order valence-corrected chi connectivity index (χ2v) is 6.02. The highest BCUT2D eigenvalue weighted by Crippen LogP contribution is 2.29. The predicted molar refractivity (Wildman–Crippen MR) is 94.0 cm³/mol. The summed E-state index contributed by atoms with van der Waals surface area (Å²) in [7, 11) is 0. The van der Waals surface area contributed by atoms with E-state index in [2.05, 4.69) is 5.32 Å². The van der Waals surface area contributed by atoms with E-state index in [0.717, 1.165) is 10.9 Å². The van der Waals surface area contributed by atoms with Crippen LogP contribution in [0.3, 0.4) is 0 Å². The third-order valence-electron chi connectivity index (χ3n) is 4.13. The quantitative estimate of drug-likeness (QED) is 0.713. The molecule has 1 aromatic heterocycles. The molecule has 0 bridgehead atoms. The van der Waals surface area contributed by atoms with Crippen LogP contribution in [0.15, 0.2) is 21.3 Å². The number of carboxylic acid groups (broad SMARTS) is 1. The van der Waals surface area contributed by atoms with Crippen molar-refractivity contribution in [1.82, 2.24) is 5.32 Å². The van der Waals surface area contributed by atoms with Gasteiger partial charge in [0.2, 0.25) is 0 Å². The summed E-state index contributed by atoms with van der Waals surface area (Å²) in [6, 6.07) is 2.45. The zero-order chi connectivity index (χ0) is 17.3. The first kappa shape index (κ1) is 20.0. The SMILES string of the molecule is Cc1c(C)c2ccc(O)c(CNC(C(=O)O)C(C)C)c2oc1=O.Cl. The first-order valence-corrected chi connectivity index (χ1v) is 7.45. The molecule has 132 valence electrons. The normalized spacial score (nSPS) is 12.2. The van der Waals surface area contributed by atoms with Crippen molar-refractivity contribution in [3.8, 4) is 5.75 Å². The van der Waals surface area contributed by atoms with Crippen molar-refractivity contribution in [2.75, 3.05) is 0 Å². The van der Waals surface area contributed by atoms with E-state index in [4.69, 9.17) is 4.42 Å². The number of aryl methyl sites for hydroxylation is 1. The Morgan fingerprint density at radius 2 is 1.88 bits per heavy atom. The van der Waals surface area contributed by atoms with E-state index in [-0.39, 0.29) is 30.6 Å². The number of fused-ring (bicyclic) bond motifs is 1. The third kappa shape index (κ3) is 3.71. The van der Waals surface area contributed by atoms with Gasteiger partial charge in [-0.15, -0.1) is 12.4 Å². The molecule has 1 heterocycles. The summed E-state index contributed by atoms with van der Waals surface area (Å²) in [5, 5.41) is 23.0. The molecule has 3 N–H and O–H groups in total. The molecular formula is C17H22ClNO5. The topological polar surface area (TPSA) is 99.8 Å². The van der Waals surface area contributed by atoms with Gasteiger partial charge in [0.15, 0.2) is 0 Å². The van der Waals surface area contributed by atoms with E-state index in [9.17, 15) is 19.8 Å². The number of hydrogen-bond acceptors (Lipinski definition) is 5. The first-order valence-electron chi connectivity index (χ1n) is 7.45. The maximum absolute atomic E-state index is 11.9. The van der Waals surface area contributed by atoms with Gasteiger partial charge < -0.3 is 14.6 Å². The molecule has 6 nitrogen and oxygen atoms in total. The molecule has 0 aliphatic carbocycles. The maximum Gasteiger partial charge on any atom is 0.339 e. The number of phenols is 1. The highest BCUT2D eigenvalue weighted by Gasteiger charge is 2.22. The van der Waals surface area contributed by atoms with Crippen molar-refractivity contribution in [3.05, 3.63) is 39.2 Å². The number of phenolic OH excluding ortho intramolecular Hbond substituents is 1. The number of halogens is 1. The van der Waals surface area contributed by atoms with Crippen LogP contribution in [0.4, 0.5) is 0 Å². The average Bonchev–Trinajstić information content (AvgIpc) is 2.46. The third-order valence-corrected chi connectivity index (χ3v) is 4.13. The molecule has 0 spiro atoms. The number of aliphatic carboxylic acids is 1. The van der Waals surface area contributed by atoms with Crippen molar-refractivity contribution in [2.45, 2.75) is 40.3 Å². The summed E-state index contributed by atoms with van der Waals surface area (Å²) >= 11 is 0. The molecule has 2 rings (SSSR count). The summed E-state index contributed by atoms with van der Waals surface area (Å²) in [4.78, 5) is 23.2. The Kier molecular flexibility index (Phi) is 6.40. The van der Waals surface area contributed by atoms with Gasteiger partial charge >= 0.3 is 11.6 Å². The predicted octanol–water partition coefficient (Wildman–Crippen LogP) is 2.74. The number of rotatable bonds is 5. The van der Waals surface area contributed by atoms with Crippen molar-refractivity contribution in [1.29, 1.82) is 0 Å². The molecule has 0 amide bonds. The minimum Gasteiger partial charge on any atom is -0.507 e. The second kappa shape index (κ2) is 7.68. The number of carboxylic acids is 1. The van der Waals surface area contributed by atoms with Gasteiger partial charge in [0, 0.05) is 17.5 Å². The number of aromatic hydroxyl groups is 1. The Labute approximate surface area is 145 Å². The fourth-order valence-electron chi connectivity index (χ4n) is 2.54. The highest BCUT2D eigenvalue weighted by atomic mass is 35.5. The highest BCUT2D eigenvalue weighted by molar-refractivity contribution is 5.86. The van der Waals surface area contributed by atoms with E-state index in [0.29, 0.717) is 16.7 Å². The molecule has 1 atom stereocenters. The monoisotopic (exact) mass is 355 g/mol. The van der Waals surface area contributed by atoms with Crippen LogP contribution in [0.2, 0.25) is 0 Å². The van der Waals surface area contributed by atoms with Crippen LogP contribution in [0.25, 0.3) is 11.0 Å². The minimum absolute atomic E-state index is 0. The molecule has 0 saturated heterocycles. The summed E-state index contributed by atoms with van der Waals surface area (Å²) in [6.07, 6.45) is 0. The molecule has 2 aromatic rings. The smallest absolute Gasteiger partial charge is 0.339 e. The number of nitrogens with one attached hydrogen (secondary N) is 1. The summed E-state index contributed by atoms with van der Waals surface area (Å²) in [5.41, 5.74) is 1.53. The number of hydrogen-bond donors (Lipinski definition) is 3. The molecule has 0 radical (unpaired) electrons. The summed E-state index contributed by atoms with van der Waals surface area (Å²) in [6.45, 7) is 7.18. The number of benzene rings is 1. The largest absolute Gasteiger partial charge is 0.507 e. The molecule has 0 aliphatic heterocycles. The molecule has 0 fully saturated rings. The van der Waals surface area contributed by atoms with E-state index < -0.39 is 17.6 Å². The fourth-order valence-corrected chi connectivity index (χ4v) is 2.54. The molecular weight excluding hydrogens is 334 g/mol. The lowest BCUT2D eigenvalue weighted by Gasteiger charge is -2.19. The zero-order valence-electron chi connectivity index (χ0n) is 14.0. The van der Waals surface area contributed by atoms with Crippen LogP contribution in [-0.2, 0) is 11.3 Å². The van der Waals surface area contributed by atoms with Crippen LogP contribution in [-0.4, -0.2) is 22.2 Å². The first-order chi connectivity index (χ1) is 10.7. The van der Waals surface area contributed by atoms with Crippen LogP contribution in [0, 0.1) is 19.8 Å². The van der Waals surface area contributed by atoms with Gasteiger partial charge in [0.1, 0.15) is 17.4 Å². The second-order valence-electron chi connectivity index (χ2n) is 6.02. The Hall–Kier alpha value is -2.05. The zero-order valence-corrected chi connectivity index (χ0v) is 14.9. The fraction of sp³-hybridized carbons (Fsp3) is 0.412. The summed E-state index contributed by atoms with van der Waals surface area (Å²) < 4.78 is 5.34. The van der Waals surface area contributed by atoms with Gasteiger partial charge in [-0.25, -0.2) is 4.79 Å². The van der Waals surface area contributed by atoms with Crippen LogP contribution in [0.1, 0.15) is 30.5 Å². The van der Waals surface area contributed by atoms with Crippen LogP contribution < -0.4 is 10.9 Å². The summed E-state index contributed by atoms with van der Waals surface area (Å²) in [5.74, 6) is -1.13. The van der Waals surface area contributed by atoms with Gasteiger partial charge in [0.05, 0.1) is 5.56 Å². The molecule has 1 aromatic carbocycles. The molecule has 0 saturated carbocycles. The van der Waals surface area contributed by atoms with Crippen molar-refractivity contribution in [3.63, 3.8) is 0 Å². The van der Waals surface area contributed by atoms with Gasteiger partial charge in [-0.05, 0) is 37.5 Å². The van der Waals surface area contributed by atoms with E-state index in [1.807, 2.05) is 6.92 Å². The lowest BCUT2D eigenvalue weighted by molar-refractivity contribution is -0.140. The van der Waals surface area contributed by atoms with Crippen LogP contribution >= 0.6 is 12.4 Å². The molecule has 24 heavy (non-hydrogen) atoms. The molecule has 0 aliphatic rings. The Bertz CT molecular complexity index is 813. The van der Waals surface area contributed by atoms with Gasteiger partial charge in [-0.2, -0.15) is 0 Å². The van der Waals surface area contributed by atoms with Gasteiger partial charge in [0.25, 0.3) is 0 Å². The Balaban J connectivity index is 0.00000288. The van der Waals surface area contributed by atoms with Crippen LogP contribution in [0.5, 0.6) is 5.75 Å². The van der Waals surface area contributed by atoms with Crippen molar-refractivity contribution >= 4 is 29.3 Å². The van der Waals surface area contributed by atoms with Crippen molar-refractivity contribution < 1.29 is 19.4 Å². The number of carbonyl (C=O) groups is 1. The maximum atomic E-state index is 11.9. The lowest BCUT2D eigenvalue weighted by Crippen LogP contribution is -2.40. The van der Waals surface area contributed by atoms with E-state index in [1.54, 1.807) is 26.8 Å². The minimum atomic E-state index is -0.965. The van der Waals surface area contributed by atoms with Crippen molar-refractivity contribution in [2.24, 2.45) is 5.92 Å².